The van der Waals surface area contributed by atoms with Gasteiger partial charge in [0, 0.05) is 15.7 Å². The molecule has 1 aliphatic rings. The predicted molar refractivity (Wildman–Crippen MR) is 122 cm³/mol. The Bertz CT molecular complexity index is 1270. The Kier molecular flexibility index (Phi) is 4.96. The lowest BCUT2D eigenvalue weighted by atomic mass is 10.0. The highest BCUT2D eigenvalue weighted by Gasteiger charge is 2.29. The van der Waals surface area contributed by atoms with E-state index in [9.17, 15) is 0 Å². The molecule has 1 aromatic heterocycles. The van der Waals surface area contributed by atoms with E-state index in [2.05, 4.69) is 48.6 Å². The Morgan fingerprint density at radius 2 is 1.97 bits per heavy atom. The van der Waals surface area contributed by atoms with Crippen LogP contribution in [0.4, 0.5) is 5.69 Å². The van der Waals surface area contributed by atoms with E-state index in [0.29, 0.717) is 16.7 Å². The smallest absolute Gasteiger partial charge is 0.247 e. The minimum atomic E-state index is -0.529. The molecule has 3 aromatic carbocycles. The van der Waals surface area contributed by atoms with Crippen molar-refractivity contribution in [3.8, 4) is 22.9 Å². The molecular formula is C22H17BrN4O2S. The molecule has 150 valence electrons. The molecule has 0 bridgehead atoms. The zero-order valence-corrected chi connectivity index (χ0v) is 18.6. The monoisotopic (exact) mass is 480 g/mol. The molecule has 5 rings (SSSR count). The SMILES string of the molecule is COc1ccc2ccccc2c1[C@H]1Nc2ccc(Br)cc2-c2nnc(SC)nc2O1. The molecule has 0 amide bonds. The van der Waals surface area contributed by atoms with Crippen molar-refractivity contribution in [2.24, 2.45) is 0 Å². The van der Waals surface area contributed by atoms with Gasteiger partial charge in [0.05, 0.1) is 12.7 Å². The van der Waals surface area contributed by atoms with Gasteiger partial charge in [-0.15, -0.1) is 10.2 Å². The molecule has 8 heteroatoms. The van der Waals surface area contributed by atoms with Crippen molar-refractivity contribution in [2.75, 3.05) is 18.7 Å². The number of rotatable bonds is 3. The summed E-state index contributed by atoms with van der Waals surface area (Å²) in [7, 11) is 1.67. The number of methoxy groups -OCH3 is 1. The van der Waals surface area contributed by atoms with Gasteiger partial charge in [0.25, 0.3) is 0 Å². The van der Waals surface area contributed by atoms with Gasteiger partial charge >= 0.3 is 0 Å². The van der Waals surface area contributed by atoms with Gasteiger partial charge in [-0.25, -0.2) is 0 Å². The average molecular weight is 481 g/mol. The van der Waals surface area contributed by atoms with Crippen molar-refractivity contribution < 1.29 is 9.47 Å². The molecule has 6 nitrogen and oxygen atoms in total. The largest absolute Gasteiger partial charge is 0.496 e. The summed E-state index contributed by atoms with van der Waals surface area (Å²) in [5.74, 6) is 1.17. The first-order chi connectivity index (χ1) is 14.7. The van der Waals surface area contributed by atoms with Gasteiger partial charge in [0.1, 0.15) is 5.75 Å². The maximum absolute atomic E-state index is 6.43. The van der Waals surface area contributed by atoms with Crippen LogP contribution in [0.15, 0.2) is 64.2 Å². The van der Waals surface area contributed by atoms with Crippen molar-refractivity contribution in [1.82, 2.24) is 15.2 Å². The standard InChI is InChI=1S/C22H17BrN4O2S/c1-28-17-10-7-12-5-3-4-6-14(12)18(17)20-24-16-9-8-13(23)11-15(16)19-21(29-20)25-22(30-2)27-26-19/h3-11,20,24H,1-2H3/t20-/m0/s1. The van der Waals surface area contributed by atoms with E-state index < -0.39 is 6.23 Å². The second kappa shape index (κ2) is 7.77. The van der Waals surface area contributed by atoms with Crippen LogP contribution >= 0.6 is 27.7 Å². The van der Waals surface area contributed by atoms with Crippen LogP contribution in [0.5, 0.6) is 11.6 Å². The maximum Gasteiger partial charge on any atom is 0.247 e. The maximum atomic E-state index is 6.43. The Morgan fingerprint density at radius 3 is 2.80 bits per heavy atom. The Hall–Kier alpha value is -2.84. The number of halogens is 1. The van der Waals surface area contributed by atoms with E-state index in [1.54, 1.807) is 7.11 Å². The van der Waals surface area contributed by atoms with Crippen LogP contribution in [0.1, 0.15) is 11.8 Å². The molecule has 30 heavy (non-hydrogen) atoms. The number of hydrogen-bond acceptors (Lipinski definition) is 7. The molecule has 0 radical (unpaired) electrons. The highest BCUT2D eigenvalue weighted by Crippen LogP contribution is 2.43. The van der Waals surface area contributed by atoms with Crippen LogP contribution in [-0.4, -0.2) is 28.5 Å². The first-order valence-electron chi connectivity index (χ1n) is 9.25. The molecule has 0 saturated heterocycles. The highest BCUT2D eigenvalue weighted by atomic mass is 79.9. The number of aromatic nitrogens is 3. The van der Waals surface area contributed by atoms with Gasteiger partial charge in [0.2, 0.25) is 17.3 Å². The third kappa shape index (κ3) is 3.26. The summed E-state index contributed by atoms with van der Waals surface area (Å²) < 4.78 is 13.1. The molecular weight excluding hydrogens is 464 g/mol. The van der Waals surface area contributed by atoms with Gasteiger partial charge in [-0.05, 0) is 41.3 Å². The minimum Gasteiger partial charge on any atom is -0.496 e. The van der Waals surface area contributed by atoms with Crippen LogP contribution in [0.25, 0.3) is 22.0 Å². The van der Waals surface area contributed by atoms with Gasteiger partial charge in [0.15, 0.2) is 5.69 Å². The Morgan fingerprint density at radius 1 is 1.10 bits per heavy atom. The number of thioether (sulfide) groups is 1. The summed E-state index contributed by atoms with van der Waals surface area (Å²) in [6.45, 7) is 0. The highest BCUT2D eigenvalue weighted by molar-refractivity contribution is 9.10. The predicted octanol–water partition coefficient (Wildman–Crippen LogP) is 5.69. The van der Waals surface area contributed by atoms with E-state index in [0.717, 1.165) is 37.8 Å². The second-order valence-corrected chi connectivity index (χ2v) is 8.38. The molecule has 1 aliphatic heterocycles. The first-order valence-corrected chi connectivity index (χ1v) is 11.3. The summed E-state index contributed by atoms with van der Waals surface area (Å²) in [5, 5.41) is 14.8. The van der Waals surface area contributed by atoms with Crippen LogP contribution in [-0.2, 0) is 0 Å². The van der Waals surface area contributed by atoms with Gasteiger partial charge in [-0.3, -0.25) is 0 Å². The van der Waals surface area contributed by atoms with Crippen molar-refractivity contribution in [2.45, 2.75) is 11.4 Å². The van der Waals surface area contributed by atoms with E-state index in [1.165, 1.54) is 11.8 Å². The molecule has 0 unspecified atom stereocenters. The van der Waals surface area contributed by atoms with Crippen molar-refractivity contribution >= 4 is 44.2 Å². The lowest BCUT2D eigenvalue weighted by molar-refractivity contribution is 0.221. The molecule has 2 heterocycles. The third-order valence-electron chi connectivity index (χ3n) is 4.98. The molecule has 4 aromatic rings. The Labute approximate surface area is 186 Å². The van der Waals surface area contributed by atoms with Crippen LogP contribution in [0.2, 0.25) is 0 Å². The van der Waals surface area contributed by atoms with E-state index in [1.807, 2.05) is 48.7 Å². The average Bonchev–Trinajstić information content (AvgIpc) is 2.94. The van der Waals surface area contributed by atoms with Gasteiger partial charge in [-0.1, -0.05) is 58.0 Å². The number of ether oxygens (including phenoxy) is 2. The van der Waals surface area contributed by atoms with E-state index in [4.69, 9.17) is 9.47 Å². The molecule has 0 fully saturated rings. The van der Waals surface area contributed by atoms with Crippen LogP contribution < -0.4 is 14.8 Å². The van der Waals surface area contributed by atoms with E-state index >= 15 is 0 Å². The quantitative estimate of drug-likeness (QED) is 0.377. The molecule has 1 N–H and O–H groups in total. The molecule has 0 aliphatic carbocycles. The summed E-state index contributed by atoms with van der Waals surface area (Å²) in [5.41, 5.74) is 3.25. The number of fused-ring (bicyclic) bond motifs is 4. The zero-order valence-electron chi connectivity index (χ0n) is 16.2. The first kappa shape index (κ1) is 19.1. The third-order valence-corrected chi connectivity index (χ3v) is 6.01. The number of nitrogens with zero attached hydrogens (tertiary/aromatic N) is 3. The van der Waals surface area contributed by atoms with Crippen molar-refractivity contribution in [1.29, 1.82) is 0 Å². The fourth-order valence-corrected chi connectivity index (χ4v) is 4.27. The zero-order chi connectivity index (χ0) is 20.7. The van der Waals surface area contributed by atoms with Gasteiger partial charge < -0.3 is 14.8 Å². The molecule has 0 saturated carbocycles. The number of hydrogen-bond donors (Lipinski definition) is 1. The lowest BCUT2D eigenvalue weighted by Crippen LogP contribution is -2.18. The fraction of sp³-hybridized carbons (Fsp3) is 0.136. The number of nitrogens with one attached hydrogen (secondary N) is 1. The van der Waals surface area contributed by atoms with Crippen LogP contribution in [0.3, 0.4) is 0 Å². The Balaban J connectivity index is 1.76. The van der Waals surface area contributed by atoms with Crippen molar-refractivity contribution in [3.05, 3.63) is 64.6 Å². The second-order valence-electron chi connectivity index (χ2n) is 6.69. The summed E-state index contributed by atoms with van der Waals surface area (Å²) >= 11 is 4.97. The minimum absolute atomic E-state index is 0.429. The lowest BCUT2D eigenvalue weighted by Gasteiger charge is -2.23. The topological polar surface area (TPSA) is 69.2 Å². The summed E-state index contributed by atoms with van der Waals surface area (Å²) in [6, 6.07) is 18.1. The number of benzene rings is 3. The summed E-state index contributed by atoms with van der Waals surface area (Å²) in [6.07, 6.45) is 1.38. The van der Waals surface area contributed by atoms with Gasteiger partial charge in [-0.2, -0.15) is 4.98 Å². The van der Waals surface area contributed by atoms with Crippen molar-refractivity contribution in [3.63, 3.8) is 0 Å². The fourth-order valence-electron chi connectivity index (χ4n) is 3.61. The van der Waals surface area contributed by atoms with Crippen LogP contribution in [0, 0.1) is 0 Å². The van der Waals surface area contributed by atoms with E-state index in [-0.39, 0.29) is 0 Å². The number of anilines is 1. The molecule has 0 spiro atoms. The summed E-state index contributed by atoms with van der Waals surface area (Å²) in [4.78, 5) is 4.60. The molecule has 1 atom stereocenters. The normalized spacial score (nSPS) is 14.8.